The molecule has 0 amide bonds. The van der Waals surface area contributed by atoms with Crippen LogP contribution in [-0.4, -0.2) is 48.7 Å². The Morgan fingerprint density at radius 3 is 2.24 bits per heavy atom. The first-order valence-electron chi connectivity index (χ1n) is 12.0. The minimum Gasteiger partial charge on any atom is -0.480 e. The maximum Gasteiger partial charge on any atom is 0.317 e. The molecule has 2 saturated heterocycles. The van der Waals surface area contributed by atoms with Gasteiger partial charge in [0.2, 0.25) is 0 Å². The molecule has 2 N–H and O–H groups in total. The maximum absolute atomic E-state index is 11.0. The zero-order valence-corrected chi connectivity index (χ0v) is 21.7. The third-order valence-electron chi connectivity index (χ3n) is 7.31. The van der Waals surface area contributed by atoms with Crippen LogP contribution in [0.2, 0.25) is 15.1 Å². The Labute approximate surface area is 217 Å². The summed E-state index contributed by atoms with van der Waals surface area (Å²) < 4.78 is 0. The third-order valence-corrected chi connectivity index (χ3v) is 8.21. The Morgan fingerprint density at radius 2 is 1.62 bits per heavy atom. The second-order valence-electron chi connectivity index (χ2n) is 9.53. The molecule has 34 heavy (non-hydrogen) atoms. The number of halogens is 3. The summed E-state index contributed by atoms with van der Waals surface area (Å²) in [6.45, 7) is 6.09. The van der Waals surface area contributed by atoms with Crippen LogP contribution in [0.1, 0.15) is 44.2 Å². The van der Waals surface area contributed by atoms with Crippen molar-refractivity contribution in [2.24, 2.45) is 11.8 Å². The van der Waals surface area contributed by atoms with E-state index in [1.165, 1.54) is 18.5 Å². The van der Waals surface area contributed by atoms with Gasteiger partial charge in [-0.25, -0.2) is 0 Å². The molecular formula is C26H32Cl3N3O2. The monoisotopic (exact) mass is 523 g/mol. The molecule has 0 bridgehead atoms. The van der Waals surface area contributed by atoms with Crippen LogP contribution in [0.25, 0.3) is 0 Å². The molecule has 2 aliphatic rings. The van der Waals surface area contributed by atoms with Crippen molar-refractivity contribution in [2.45, 2.75) is 38.6 Å². The lowest BCUT2D eigenvalue weighted by molar-refractivity contribution is -0.138. The predicted octanol–water partition coefficient (Wildman–Crippen LogP) is 6.83. The van der Waals surface area contributed by atoms with E-state index in [2.05, 4.69) is 34.2 Å². The largest absolute Gasteiger partial charge is 0.480 e. The number of anilines is 2. The Kier molecular flexibility index (Phi) is 8.52. The average Bonchev–Trinajstić information content (AvgIpc) is 2.81. The van der Waals surface area contributed by atoms with Crippen LogP contribution in [0.5, 0.6) is 0 Å². The maximum atomic E-state index is 11.0. The molecule has 4 rings (SSSR count). The van der Waals surface area contributed by atoms with Crippen LogP contribution in [0.15, 0.2) is 36.4 Å². The van der Waals surface area contributed by atoms with E-state index in [4.69, 9.17) is 39.9 Å². The normalized spacial score (nSPS) is 19.2. The average molecular weight is 525 g/mol. The zero-order valence-electron chi connectivity index (χ0n) is 19.4. The van der Waals surface area contributed by atoms with Gasteiger partial charge in [0, 0.05) is 28.8 Å². The lowest BCUT2D eigenvalue weighted by Crippen LogP contribution is -2.42. The van der Waals surface area contributed by atoms with E-state index in [0.29, 0.717) is 21.0 Å². The molecule has 0 spiro atoms. The Morgan fingerprint density at radius 1 is 0.971 bits per heavy atom. The van der Waals surface area contributed by atoms with E-state index < -0.39 is 5.97 Å². The molecule has 0 radical (unpaired) electrons. The van der Waals surface area contributed by atoms with Crippen LogP contribution in [0.3, 0.4) is 0 Å². The molecule has 0 saturated carbocycles. The van der Waals surface area contributed by atoms with Gasteiger partial charge >= 0.3 is 5.97 Å². The Balaban J connectivity index is 1.34. The molecule has 1 atom stereocenters. The van der Waals surface area contributed by atoms with Crippen LogP contribution < -0.4 is 10.2 Å². The van der Waals surface area contributed by atoms with E-state index in [1.807, 2.05) is 18.2 Å². The lowest BCUT2D eigenvalue weighted by atomic mass is 9.78. The summed E-state index contributed by atoms with van der Waals surface area (Å²) in [5, 5.41) is 14.5. The zero-order chi connectivity index (χ0) is 24.2. The number of likely N-dealkylation sites (tertiary alicyclic amines) is 1. The number of benzene rings is 2. The summed E-state index contributed by atoms with van der Waals surface area (Å²) in [5.41, 5.74) is 3.05. The lowest BCUT2D eigenvalue weighted by Gasteiger charge is -2.40. The number of aliphatic carboxylic acids is 1. The quantitative estimate of drug-likeness (QED) is 0.415. The first kappa shape index (κ1) is 25.4. The number of piperidine rings is 2. The van der Waals surface area contributed by atoms with Crippen molar-refractivity contribution in [1.82, 2.24) is 4.90 Å². The van der Waals surface area contributed by atoms with Crippen molar-refractivity contribution in [2.75, 3.05) is 42.9 Å². The summed E-state index contributed by atoms with van der Waals surface area (Å²) in [4.78, 5) is 15.5. The van der Waals surface area contributed by atoms with Crippen molar-refractivity contribution in [3.63, 3.8) is 0 Å². The fraction of sp³-hybridized carbons (Fsp3) is 0.500. The number of carboxylic acid groups (broad SMARTS) is 1. The molecule has 5 nitrogen and oxygen atoms in total. The number of hydrogen-bond acceptors (Lipinski definition) is 4. The summed E-state index contributed by atoms with van der Waals surface area (Å²) >= 11 is 19.0. The number of carboxylic acids is 1. The Hall–Kier alpha value is -1.66. The number of hydrogen-bond donors (Lipinski definition) is 2. The minimum absolute atomic E-state index is 0.0183. The van der Waals surface area contributed by atoms with Crippen molar-refractivity contribution >= 4 is 52.1 Å². The number of rotatable bonds is 7. The second kappa shape index (κ2) is 11.4. The topological polar surface area (TPSA) is 55.8 Å². The van der Waals surface area contributed by atoms with Gasteiger partial charge in [0.05, 0.1) is 23.3 Å². The fourth-order valence-corrected chi connectivity index (χ4v) is 6.13. The van der Waals surface area contributed by atoms with E-state index >= 15 is 0 Å². The van der Waals surface area contributed by atoms with E-state index in [1.54, 1.807) is 6.07 Å². The van der Waals surface area contributed by atoms with Gasteiger partial charge in [-0.1, -0.05) is 40.9 Å². The number of nitrogens with one attached hydrogen (secondary N) is 1. The van der Waals surface area contributed by atoms with Crippen molar-refractivity contribution in [1.29, 1.82) is 0 Å². The molecule has 2 fully saturated rings. The summed E-state index contributed by atoms with van der Waals surface area (Å²) in [7, 11) is 0. The molecule has 0 unspecified atom stereocenters. The minimum atomic E-state index is -0.728. The molecule has 2 heterocycles. The third kappa shape index (κ3) is 6.31. The summed E-state index contributed by atoms with van der Waals surface area (Å²) in [6.07, 6.45) is 4.56. The molecular weight excluding hydrogens is 493 g/mol. The fourth-order valence-electron chi connectivity index (χ4n) is 5.39. The molecule has 2 aromatic rings. The van der Waals surface area contributed by atoms with Gasteiger partial charge in [-0.3, -0.25) is 9.69 Å². The van der Waals surface area contributed by atoms with Crippen molar-refractivity contribution in [3.8, 4) is 0 Å². The predicted molar refractivity (Wildman–Crippen MR) is 142 cm³/mol. The van der Waals surface area contributed by atoms with Crippen LogP contribution in [0.4, 0.5) is 11.4 Å². The molecule has 0 aromatic heterocycles. The van der Waals surface area contributed by atoms with E-state index in [9.17, 15) is 4.79 Å². The van der Waals surface area contributed by atoms with Crippen LogP contribution >= 0.6 is 34.8 Å². The number of carbonyl (C=O) groups is 1. The van der Waals surface area contributed by atoms with E-state index in [-0.39, 0.29) is 12.6 Å². The SMILES string of the molecule is C[C@@H](Nc1cc(N2CCC(C3CCN(CC(=O)O)CC3)CC2)ccc1Cl)c1ccc(Cl)cc1Cl. The van der Waals surface area contributed by atoms with Gasteiger partial charge < -0.3 is 15.3 Å². The molecule has 8 heteroatoms. The highest BCUT2D eigenvalue weighted by Crippen LogP contribution is 2.37. The molecule has 2 aromatic carbocycles. The number of nitrogens with zero attached hydrogens (tertiary/aromatic N) is 2. The highest BCUT2D eigenvalue weighted by molar-refractivity contribution is 6.35. The van der Waals surface area contributed by atoms with Gasteiger partial charge in [0.1, 0.15) is 0 Å². The van der Waals surface area contributed by atoms with Gasteiger partial charge in [0.15, 0.2) is 0 Å². The standard InChI is InChI=1S/C26H32Cl3N3O2/c1-17(22-4-2-20(27)14-24(22)29)30-25-15-21(3-5-23(25)28)32-12-8-19(9-13-32)18-6-10-31(11-7-18)16-26(33)34/h2-5,14-15,17-19,30H,6-13,16H2,1H3,(H,33,34)/t17-/m1/s1. The summed E-state index contributed by atoms with van der Waals surface area (Å²) in [5.74, 6) is 0.703. The second-order valence-corrected chi connectivity index (χ2v) is 10.8. The summed E-state index contributed by atoms with van der Waals surface area (Å²) in [6, 6.07) is 11.7. The highest BCUT2D eigenvalue weighted by Gasteiger charge is 2.30. The highest BCUT2D eigenvalue weighted by atomic mass is 35.5. The smallest absolute Gasteiger partial charge is 0.317 e. The van der Waals surface area contributed by atoms with Gasteiger partial charge in [0.25, 0.3) is 0 Å². The van der Waals surface area contributed by atoms with Crippen molar-refractivity contribution < 1.29 is 9.90 Å². The molecule has 0 aliphatic carbocycles. The van der Waals surface area contributed by atoms with Gasteiger partial charge in [-0.2, -0.15) is 0 Å². The first-order valence-corrected chi connectivity index (χ1v) is 13.1. The Bertz CT molecular complexity index is 1000. The van der Waals surface area contributed by atoms with E-state index in [0.717, 1.165) is 56.2 Å². The van der Waals surface area contributed by atoms with Crippen LogP contribution in [0, 0.1) is 11.8 Å². The molecule has 184 valence electrons. The molecule has 2 aliphatic heterocycles. The van der Waals surface area contributed by atoms with Gasteiger partial charge in [-0.15, -0.1) is 0 Å². The first-order chi connectivity index (χ1) is 16.3. The van der Waals surface area contributed by atoms with Crippen LogP contribution in [-0.2, 0) is 4.79 Å². The van der Waals surface area contributed by atoms with Crippen molar-refractivity contribution in [3.05, 3.63) is 57.0 Å². The van der Waals surface area contributed by atoms with Gasteiger partial charge in [-0.05, 0) is 93.4 Å².